The Morgan fingerprint density at radius 1 is 1.15 bits per heavy atom. The standard InChI is InChI=1S/C17H17BrO2/c1-17(2)10-13-4-3-5-15(16(13)20-17)19-14-8-6-12(11-18)7-9-14/h3-9H,10-11H2,1-2H3. The summed E-state index contributed by atoms with van der Waals surface area (Å²) >= 11 is 3.44. The van der Waals surface area contributed by atoms with Crippen LogP contribution in [0.25, 0.3) is 0 Å². The van der Waals surface area contributed by atoms with Crippen LogP contribution in [-0.2, 0) is 11.8 Å². The van der Waals surface area contributed by atoms with Crippen molar-refractivity contribution < 1.29 is 9.47 Å². The fraction of sp³-hybridized carbons (Fsp3) is 0.294. The summed E-state index contributed by atoms with van der Waals surface area (Å²) in [6.45, 7) is 4.20. The maximum Gasteiger partial charge on any atom is 0.169 e. The minimum Gasteiger partial charge on any atom is -0.483 e. The van der Waals surface area contributed by atoms with Crippen molar-refractivity contribution in [3.63, 3.8) is 0 Å². The Kier molecular flexibility index (Phi) is 3.47. The van der Waals surface area contributed by atoms with E-state index < -0.39 is 0 Å². The predicted octanol–water partition coefficient (Wildman–Crippen LogP) is 5.09. The average Bonchev–Trinajstić information content (AvgIpc) is 2.75. The third-order valence-corrected chi connectivity index (χ3v) is 4.01. The highest BCUT2D eigenvalue weighted by atomic mass is 79.9. The third-order valence-electron chi connectivity index (χ3n) is 3.36. The lowest BCUT2D eigenvalue weighted by molar-refractivity contribution is 0.135. The minimum atomic E-state index is -0.151. The van der Waals surface area contributed by atoms with Gasteiger partial charge in [-0.15, -0.1) is 0 Å². The van der Waals surface area contributed by atoms with Gasteiger partial charge in [-0.1, -0.05) is 40.2 Å². The van der Waals surface area contributed by atoms with Crippen molar-refractivity contribution in [3.05, 3.63) is 53.6 Å². The number of ether oxygens (including phenoxy) is 2. The van der Waals surface area contributed by atoms with E-state index in [2.05, 4.69) is 48.0 Å². The first-order valence-electron chi connectivity index (χ1n) is 6.71. The summed E-state index contributed by atoms with van der Waals surface area (Å²) in [4.78, 5) is 0. The number of fused-ring (bicyclic) bond motifs is 1. The summed E-state index contributed by atoms with van der Waals surface area (Å²) in [5.41, 5.74) is 2.29. The Morgan fingerprint density at radius 2 is 1.90 bits per heavy atom. The van der Waals surface area contributed by atoms with E-state index in [1.165, 1.54) is 11.1 Å². The van der Waals surface area contributed by atoms with Crippen LogP contribution in [0.15, 0.2) is 42.5 Å². The summed E-state index contributed by atoms with van der Waals surface area (Å²) in [5.74, 6) is 2.50. The zero-order chi connectivity index (χ0) is 14.2. The monoisotopic (exact) mass is 332 g/mol. The van der Waals surface area contributed by atoms with Crippen LogP contribution in [0.1, 0.15) is 25.0 Å². The number of hydrogen-bond acceptors (Lipinski definition) is 2. The number of benzene rings is 2. The molecule has 0 amide bonds. The van der Waals surface area contributed by atoms with Gasteiger partial charge in [-0.05, 0) is 37.6 Å². The van der Waals surface area contributed by atoms with Gasteiger partial charge in [0.2, 0.25) is 0 Å². The molecule has 1 aliphatic heterocycles. The van der Waals surface area contributed by atoms with Gasteiger partial charge in [-0.3, -0.25) is 0 Å². The molecule has 0 fully saturated rings. The molecule has 1 aliphatic rings. The van der Waals surface area contributed by atoms with Gasteiger partial charge in [0.25, 0.3) is 0 Å². The van der Waals surface area contributed by atoms with Crippen LogP contribution in [0.4, 0.5) is 0 Å². The second-order valence-electron chi connectivity index (χ2n) is 5.66. The van der Waals surface area contributed by atoms with Gasteiger partial charge in [-0.2, -0.15) is 0 Å². The molecule has 0 saturated heterocycles. The number of para-hydroxylation sites is 1. The minimum absolute atomic E-state index is 0.151. The van der Waals surface area contributed by atoms with Crippen LogP contribution >= 0.6 is 15.9 Å². The average molecular weight is 333 g/mol. The zero-order valence-electron chi connectivity index (χ0n) is 11.7. The highest BCUT2D eigenvalue weighted by Gasteiger charge is 2.32. The summed E-state index contributed by atoms with van der Waals surface area (Å²) in [7, 11) is 0. The maximum atomic E-state index is 6.01. The van der Waals surface area contributed by atoms with Gasteiger partial charge in [0.1, 0.15) is 11.4 Å². The molecule has 3 rings (SSSR count). The Bertz CT molecular complexity index is 617. The molecule has 0 spiro atoms. The molecule has 0 radical (unpaired) electrons. The van der Waals surface area contributed by atoms with Crippen LogP contribution < -0.4 is 9.47 Å². The van der Waals surface area contributed by atoms with Gasteiger partial charge in [-0.25, -0.2) is 0 Å². The van der Waals surface area contributed by atoms with Crippen LogP contribution in [0.5, 0.6) is 17.2 Å². The molecule has 1 heterocycles. The van der Waals surface area contributed by atoms with E-state index in [0.29, 0.717) is 0 Å². The van der Waals surface area contributed by atoms with E-state index in [4.69, 9.17) is 9.47 Å². The highest BCUT2D eigenvalue weighted by molar-refractivity contribution is 9.08. The Hall–Kier alpha value is -1.48. The van der Waals surface area contributed by atoms with E-state index in [1.807, 2.05) is 24.3 Å². The summed E-state index contributed by atoms with van der Waals surface area (Å²) in [5, 5.41) is 0.852. The van der Waals surface area contributed by atoms with Crippen molar-refractivity contribution >= 4 is 15.9 Å². The van der Waals surface area contributed by atoms with Gasteiger partial charge >= 0.3 is 0 Å². The lowest BCUT2D eigenvalue weighted by atomic mass is 10.0. The van der Waals surface area contributed by atoms with Crippen LogP contribution in [-0.4, -0.2) is 5.60 Å². The van der Waals surface area contributed by atoms with Crippen molar-refractivity contribution in [1.29, 1.82) is 0 Å². The quantitative estimate of drug-likeness (QED) is 0.729. The topological polar surface area (TPSA) is 18.5 Å². The number of rotatable bonds is 3. The van der Waals surface area contributed by atoms with Gasteiger partial charge in [0.05, 0.1) is 0 Å². The predicted molar refractivity (Wildman–Crippen MR) is 84.0 cm³/mol. The molecule has 2 aromatic rings. The Labute approximate surface area is 127 Å². The summed E-state index contributed by atoms with van der Waals surface area (Å²) < 4.78 is 12.0. The fourth-order valence-electron chi connectivity index (χ4n) is 2.44. The van der Waals surface area contributed by atoms with E-state index in [0.717, 1.165) is 29.0 Å². The first-order valence-corrected chi connectivity index (χ1v) is 7.83. The molecule has 20 heavy (non-hydrogen) atoms. The normalized spacial score (nSPS) is 15.6. The van der Waals surface area contributed by atoms with Crippen LogP contribution in [0.2, 0.25) is 0 Å². The molecule has 0 unspecified atom stereocenters. The van der Waals surface area contributed by atoms with Crippen molar-refractivity contribution in [3.8, 4) is 17.2 Å². The highest BCUT2D eigenvalue weighted by Crippen LogP contribution is 2.43. The van der Waals surface area contributed by atoms with Gasteiger partial charge in [0.15, 0.2) is 11.5 Å². The second kappa shape index (κ2) is 5.13. The van der Waals surface area contributed by atoms with E-state index in [9.17, 15) is 0 Å². The lowest BCUT2D eigenvalue weighted by Gasteiger charge is -2.18. The SMILES string of the molecule is CC1(C)Cc2cccc(Oc3ccc(CBr)cc3)c2O1. The van der Waals surface area contributed by atoms with Crippen molar-refractivity contribution in [2.75, 3.05) is 0 Å². The molecule has 0 N–H and O–H groups in total. The molecule has 2 aromatic carbocycles. The molecule has 0 aromatic heterocycles. The van der Waals surface area contributed by atoms with E-state index in [-0.39, 0.29) is 5.60 Å². The molecular formula is C17H17BrO2. The first kappa shape index (κ1) is 13.5. The largest absolute Gasteiger partial charge is 0.483 e. The maximum absolute atomic E-state index is 6.01. The van der Waals surface area contributed by atoms with Crippen LogP contribution in [0, 0.1) is 0 Å². The summed E-state index contributed by atoms with van der Waals surface area (Å²) in [6.07, 6.45) is 0.919. The first-order chi connectivity index (χ1) is 9.57. The van der Waals surface area contributed by atoms with Crippen molar-refractivity contribution in [2.45, 2.75) is 31.2 Å². The number of halogens is 1. The lowest BCUT2D eigenvalue weighted by Crippen LogP contribution is -2.24. The third kappa shape index (κ3) is 2.68. The van der Waals surface area contributed by atoms with Gasteiger partial charge < -0.3 is 9.47 Å². The molecule has 104 valence electrons. The molecular weight excluding hydrogens is 316 g/mol. The van der Waals surface area contributed by atoms with Crippen molar-refractivity contribution in [2.24, 2.45) is 0 Å². The number of hydrogen-bond donors (Lipinski definition) is 0. The van der Waals surface area contributed by atoms with E-state index in [1.54, 1.807) is 0 Å². The van der Waals surface area contributed by atoms with Crippen molar-refractivity contribution in [1.82, 2.24) is 0 Å². The molecule has 2 nitrogen and oxygen atoms in total. The van der Waals surface area contributed by atoms with E-state index >= 15 is 0 Å². The Morgan fingerprint density at radius 3 is 2.60 bits per heavy atom. The molecule has 0 bridgehead atoms. The zero-order valence-corrected chi connectivity index (χ0v) is 13.2. The molecule has 0 atom stereocenters. The summed E-state index contributed by atoms with van der Waals surface area (Å²) in [6, 6.07) is 14.2. The molecule has 0 saturated carbocycles. The molecule has 0 aliphatic carbocycles. The number of alkyl halides is 1. The Balaban J connectivity index is 1.87. The smallest absolute Gasteiger partial charge is 0.169 e. The molecule has 3 heteroatoms. The van der Waals surface area contributed by atoms with Gasteiger partial charge in [0, 0.05) is 17.3 Å². The van der Waals surface area contributed by atoms with Crippen LogP contribution in [0.3, 0.4) is 0 Å². The fourth-order valence-corrected chi connectivity index (χ4v) is 2.82. The second-order valence-corrected chi connectivity index (χ2v) is 6.22.